The number of carbonyl (C=O) groups is 1. The second-order valence-electron chi connectivity index (χ2n) is 8.83. The Labute approximate surface area is 205 Å². The zero-order valence-corrected chi connectivity index (χ0v) is 20.4. The van der Waals surface area contributed by atoms with E-state index in [4.69, 9.17) is 0 Å². The van der Waals surface area contributed by atoms with Crippen molar-refractivity contribution >= 4 is 17.7 Å². The molecule has 1 aromatic heterocycles. The monoisotopic (exact) mass is 481 g/mol. The summed E-state index contributed by atoms with van der Waals surface area (Å²) in [4.78, 5) is 15.0. The Morgan fingerprint density at radius 2 is 1.79 bits per heavy atom. The number of carbonyl (C=O) groups excluding carboxylic acids is 1. The molecule has 0 saturated carbocycles. The largest absolute Gasteiger partial charge is 0.355 e. The molecule has 4 rings (SSSR count). The quantitative estimate of drug-likeness (QED) is 0.333. The van der Waals surface area contributed by atoms with Crippen molar-refractivity contribution in [1.29, 1.82) is 0 Å². The highest BCUT2D eigenvalue weighted by Gasteiger charge is 2.19. The van der Waals surface area contributed by atoms with Crippen molar-refractivity contribution in [1.82, 2.24) is 25.0 Å². The third kappa shape index (κ3) is 6.45. The number of para-hydroxylation sites is 1. The fourth-order valence-corrected chi connectivity index (χ4v) is 4.93. The summed E-state index contributed by atoms with van der Waals surface area (Å²) in [6.07, 6.45) is 4.65. The van der Waals surface area contributed by atoms with Gasteiger partial charge in [0.05, 0.1) is 11.3 Å². The van der Waals surface area contributed by atoms with Crippen LogP contribution in [0, 0.1) is 11.7 Å². The molecule has 34 heavy (non-hydrogen) atoms. The first-order valence-corrected chi connectivity index (χ1v) is 13.0. The predicted molar refractivity (Wildman–Crippen MR) is 135 cm³/mol. The van der Waals surface area contributed by atoms with Crippen molar-refractivity contribution in [2.45, 2.75) is 37.8 Å². The van der Waals surface area contributed by atoms with Crippen LogP contribution in [0.3, 0.4) is 0 Å². The van der Waals surface area contributed by atoms with Crippen molar-refractivity contribution < 1.29 is 9.18 Å². The fourth-order valence-electron chi connectivity index (χ4n) is 4.15. The Morgan fingerprint density at radius 3 is 2.56 bits per heavy atom. The van der Waals surface area contributed by atoms with Crippen molar-refractivity contribution in [3.63, 3.8) is 0 Å². The first kappa shape index (κ1) is 24.4. The number of aromatic nitrogens is 3. The zero-order chi connectivity index (χ0) is 23.8. The number of nitrogens with zero attached hydrogens (tertiary/aromatic N) is 4. The van der Waals surface area contributed by atoms with Crippen LogP contribution in [0.15, 0.2) is 59.8 Å². The van der Waals surface area contributed by atoms with Crippen molar-refractivity contribution in [3.05, 3.63) is 60.4 Å². The van der Waals surface area contributed by atoms with Crippen LogP contribution in [0.1, 0.15) is 32.6 Å². The number of nitrogens with one attached hydrogen (secondary N) is 1. The second-order valence-corrected chi connectivity index (χ2v) is 9.77. The summed E-state index contributed by atoms with van der Waals surface area (Å²) >= 11 is 1.30. The fraction of sp³-hybridized carbons (Fsp3) is 0.423. The minimum Gasteiger partial charge on any atom is -0.355 e. The van der Waals surface area contributed by atoms with Crippen LogP contribution in [0.25, 0.3) is 17.1 Å². The Morgan fingerprint density at radius 1 is 1.06 bits per heavy atom. The minimum absolute atomic E-state index is 0.0353. The van der Waals surface area contributed by atoms with E-state index in [0.29, 0.717) is 23.1 Å². The summed E-state index contributed by atoms with van der Waals surface area (Å²) in [6.45, 7) is 6.50. The van der Waals surface area contributed by atoms with Gasteiger partial charge in [-0.2, -0.15) is 0 Å². The number of halogens is 1. The standard InChI is InChI=1S/C26H32FN5OS/c1-20-13-17-31(18-14-20)16-8-7-15-28-24(33)19-34-26-30-29-25(22-11-5-6-12-23(22)27)32(26)21-9-3-2-4-10-21/h2-6,9-12,20H,7-8,13-19H2,1H3,(H,28,33). The molecule has 6 nitrogen and oxygen atoms in total. The van der Waals surface area contributed by atoms with E-state index in [0.717, 1.165) is 31.0 Å². The molecule has 0 spiro atoms. The maximum absolute atomic E-state index is 14.5. The summed E-state index contributed by atoms with van der Waals surface area (Å²) < 4.78 is 16.3. The Balaban J connectivity index is 1.31. The third-order valence-corrected chi connectivity index (χ3v) is 7.12. The van der Waals surface area contributed by atoms with Gasteiger partial charge in [0.2, 0.25) is 5.91 Å². The van der Waals surface area contributed by atoms with Crippen LogP contribution in [0.4, 0.5) is 4.39 Å². The van der Waals surface area contributed by atoms with Crippen LogP contribution < -0.4 is 5.32 Å². The summed E-state index contributed by atoms with van der Waals surface area (Å²) in [6, 6.07) is 16.1. The molecule has 1 saturated heterocycles. The normalized spacial score (nSPS) is 14.9. The van der Waals surface area contributed by atoms with E-state index in [1.165, 1.54) is 43.8 Å². The number of hydrogen-bond acceptors (Lipinski definition) is 5. The third-order valence-electron chi connectivity index (χ3n) is 6.19. The van der Waals surface area contributed by atoms with Gasteiger partial charge >= 0.3 is 0 Å². The predicted octanol–water partition coefficient (Wildman–Crippen LogP) is 4.79. The zero-order valence-electron chi connectivity index (χ0n) is 19.6. The first-order chi connectivity index (χ1) is 16.6. The second kappa shape index (κ2) is 12.1. The van der Waals surface area contributed by atoms with Crippen molar-refractivity contribution in [2.24, 2.45) is 5.92 Å². The highest BCUT2D eigenvalue weighted by Crippen LogP contribution is 2.29. The molecular weight excluding hydrogens is 449 g/mol. The molecule has 0 atom stereocenters. The molecule has 1 N–H and O–H groups in total. The van der Waals surface area contributed by atoms with E-state index in [1.807, 2.05) is 30.3 Å². The van der Waals surface area contributed by atoms with Gasteiger partial charge in [0.25, 0.3) is 0 Å². The number of thioether (sulfide) groups is 1. The number of rotatable bonds is 10. The molecule has 1 fully saturated rings. The number of likely N-dealkylation sites (tertiary alicyclic amines) is 1. The van der Waals surface area contributed by atoms with Gasteiger partial charge in [0.1, 0.15) is 5.82 Å². The number of amides is 1. The van der Waals surface area contributed by atoms with Gasteiger partial charge in [0, 0.05) is 12.2 Å². The maximum atomic E-state index is 14.5. The van der Waals surface area contributed by atoms with E-state index in [1.54, 1.807) is 22.8 Å². The summed E-state index contributed by atoms with van der Waals surface area (Å²) in [5.74, 6) is 1.10. The SMILES string of the molecule is CC1CCN(CCCCNC(=O)CSc2nnc(-c3ccccc3F)n2-c2ccccc2)CC1. The number of benzene rings is 2. The van der Waals surface area contributed by atoms with Gasteiger partial charge < -0.3 is 10.2 Å². The molecule has 0 radical (unpaired) electrons. The molecule has 180 valence electrons. The summed E-state index contributed by atoms with van der Waals surface area (Å²) in [5.41, 5.74) is 1.19. The van der Waals surface area contributed by atoms with E-state index >= 15 is 0 Å². The average molecular weight is 482 g/mol. The smallest absolute Gasteiger partial charge is 0.230 e. The van der Waals surface area contributed by atoms with Gasteiger partial charge in [-0.3, -0.25) is 9.36 Å². The molecule has 8 heteroatoms. The first-order valence-electron chi connectivity index (χ1n) is 12.0. The Bertz CT molecular complexity index is 1070. The van der Waals surface area contributed by atoms with E-state index in [9.17, 15) is 9.18 Å². The topological polar surface area (TPSA) is 63.1 Å². The molecule has 1 aliphatic rings. The molecule has 0 unspecified atom stereocenters. The lowest BCUT2D eigenvalue weighted by atomic mass is 9.99. The Hall–Kier alpha value is -2.71. The van der Waals surface area contributed by atoms with Gasteiger partial charge in [-0.05, 0) is 75.5 Å². The van der Waals surface area contributed by atoms with Crippen LogP contribution >= 0.6 is 11.8 Å². The van der Waals surface area contributed by atoms with E-state index < -0.39 is 0 Å². The van der Waals surface area contributed by atoms with Gasteiger partial charge in [0.15, 0.2) is 11.0 Å². The maximum Gasteiger partial charge on any atom is 0.230 e. The highest BCUT2D eigenvalue weighted by molar-refractivity contribution is 7.99. The number of unbranched alkanes of at least 4 members (excludes halogenated alkanes) is 1. The lowest BCUT2D eigenvalue weighted by Gasteiger charge is -2.30. The summed E-state index contributed by atoms with van der Waals surface area (Å²) in [5, 5.41) is 12.1. The molecule has 2 aromatic carbocycles. The van der Waals surface area contributed by atoms with Gasteiger partial charge in [-0.1, -0.05) is 49.0 Å². The molecule has 1 aliphatic heterocycles. The molecule has 2 heterocycles. The minimum atomic E-state index is -0.361. The molecule has 0 aliphatic carbocycles. The lowest BCUT2D eigenvalue weighted by Crippen LogP contribution is -2.34. The summed E-state index contributed by atoms with van der Waals surface area (Å²) in [7, 11) is 0. The van der Waals surface area contributed by atoms with E-state index in [2.05, 4.69) is 27.3 Å². The van der Waals surface area contributed by atoms with Crippen LogP contribution in [0.2, 0.25) is 0 Å². The van der Waals surface area contributed by atoms with Gasteiger partial charge in [-0.25, -0.2) is 4.39 Å². The van der Waals surface area contributed by atoms with Crippen LogP contribution in [-0.2, 0) is 4.79 Å². The van der Waals surface area contributed by atoms with Crippen LogP contribution in [-0.4, -0.2) is 57.5 Å². The molecule has 0 bridgehead atoms. The molecule has 1 amide bonds. The number of hydrogen-bond donors (Lipinski definition) is 1. The van der Waals surface area contributed by atoms with Gasteiger partial charge in [-0.15, -0.1) is 10.2 Å². The molecular formula is C26H32FN5OS. The lowest BCUT2D eigenvalue weighted by molar-refractivity contribution is -0.118. The Kier molecular flexibility index (Phi) is 8.71. The molecule has 3 aromatic rings. The number of piperidine rings is 1. The van der Waals surface area contributed by atoms with Crippen LogP contribution in [0.5, 0.6) is 0 Å². The average Bonchev–Trinajstić information content (AvgIpc) is 3.28. The highest BCUT2D eigenvalue weighted by atomic mass is 32.2. The van der Waals surface area contributed by atoms with Crippen molar-refractivity contribution in [3.8, 4) is 17.1 Å². The van der Waals surface area contributed by atoms with E-state index in [-0.39, 0.29) is 17.5 Å². The van der Waals surface area contributed by atoms with Crippen molar-refractivity contribution in [2.75, 3.05) is 31.9 Å².